The summed E-state index contributed by atoms with van der Waals surface area (Å²) in [5.41, 5.74) is 0. The van der Waals surface area contributed by atoms with E-state index in [0.717, 1.165) is 0 Å². The Morgan fingerprint density at radius 1 is 1.20 bits per heavy atom. The third-order valence-corrected chi connectivity index (χ3v) is 0.988. The third-order valence-electron chi connectivity index (χ3n) is 0.749. The molecule has 0 spiro atoms. The fraction of sp³-hybridized carbons (Fsp3) is 0.333. The lowest BCUT2D eigenvalue weighted by Gasteiger charge is -2.13. The highest BCUT2D eigenvalue weighted by atomic mass is 35.5. The summed E-state index contributed by atoms with van der Waals surface area (Å²) in [6.07, 6.45) is 0. The minimum atomic E-state index is 0.424. The van der Waals surface area contributed by atoms with E-state index in [1.54, 1.807) is 0 Å². The van der Waals surface area contributed by atoms with Crippen molar-refractivity contribution in [3.63, 3.8) is 0 Å². The number of nitrogens with two attached hydrogens (primary N) is 1. The van der Waals surface area contributed by atoms with Gasteiger partial charge in [-0.3, -0.25) is 5.84 Å². The fourth-order valence-corrected chi connectivity index (χ4v) is 0.804. The monoisotopic (exact) mass is 180 g/mol. The van der Waals surface area contributed by atoms with Crippen LogP contribution in [0.1, 0.15) is 0 Å². The van der Waals surface area contributed by atoms with Crippen molar-refractivity contribution in [3.05, 3.63) is 23.2 Å². The van der Waals surface area contributed by atoms with Crippen molar-refractivity contribution < 1.29 is 0 Å². The minimum Gasteiger partial charge on any atom is -0.268 e. The first kappa shape index (κ1) is 9.98. The highest BCUT2D eigenvalue weighted by Gasteiger charge is 1.99. The van der Waals surface area contributed by atoms with E-state index >= 15 is 0 Å². The molecule has 2 N–H and O–H groups in total. The topological polar surface area (TPSA) is 29.3 Å². The second kappa shape index (κ2) is 4.74. The van der Waals surface area contributed by atoms with Gasteiger partial charge in [0.25, 0.3) is 0 Å². The molecule has 0 aromatic rings. The summed E-state index contributed by atoms with van der Waals surface area (Å²) in [7, 11) is 0. The second-order valence-corrected chi connectivity index (χ2v) is 3.01. The molecule has 0 aliphatic heterocycles. The van der Waals surface area contributed by atoms with Crippen LogP contribution in [0.5, 0.6) is 0 Å². The number of hydrogen-bond donors (Lipinski definition) is 1. The van der Waals surface area contributed by atoms with Gasteiger partial charge in [-0.15, -0.1) is 0 Å². The van der Waals surface area contributed by atoms with Gasteiger partial charge in [-0.1, -0.05) is 36.4 Å². The maximum atomic E-state index is 5.47. The van der Waals surface area contributed by atoms with Gasteiger partial charge in [0.05, 0.1) is 0 Å². The number of rotatable bonds is 4. The molecule has 0 fully saturated rings. The first-order valence-corrected chi connectivity index (χ1v) is 3.44. The van der Waals surface area contributed by atoms with Crippen molar-refractivity contribution in [2.75, 3.05) is 13.1 Å². The summed E-state index contributed by atoms with van der Waals surface area (Å²) in [6, 6.07) is 0. The molecule has 0 aliphatic carbocycles. The van der Waals surface area contributed by atoms with Gasteiger partial charge in [-0.25, -0.2) is 5.01 Å². The minimum absolute atomic E-state index is 0.424. The van der Waals surface area contributed by atoms with Crippen molar-refractivity contribution in [1.82, 2.24) is 5.01 Å². The summed E-state index contributed by atoms with van der Waals surface area (Å²) in [5.74, 6) is 5.42. The molecule has 0 rings (SSSR count). The fourth-order valence-electron chi connectivity index (χ4n) is 0.497. The van der Waals surface area contributed by atoms with E-state index < -0.39 is 0 Å². The van der Waals surface area contributed by atoms with Crippen molar-refractivity contribution in [3.8, 4) is 0 Å². The standard InChI is InChI=1S/C6H10Cl2N2/c1-5(7)3-10(9)4-6(2)8/h1-4,9H2. The maximum Gasteiger partial charge on any atom is 0.0485 e. The van der Waals surface area contributed by atoms with Gasteiger partial charge in [-0.2, -0.15) is 0 Å². The van der Waals surface area contributed by atoms with Crippen molar-refractivity contribution in [1.29, 1.82) is 0 Å². The lowest BCUT2D eigenvalue weighted by molar-refractivity contribution is 0.345. The Balaban J connectivity index is 3.53. The van der Waals surface area contributed by atoms with Crippen LogP contribution < -0.4 is 5.84 Å². The molecule has 0 heterocycles. The largest absolute Gasteiger partial charge is 0.268 e. The molecule has 58 valence electrons. The van der Waals surface area contributed by atoms with Crippen LogP contribution >= 0.6 is 23.2 Å². The molecule has 0 saturated heterocycles. The van der Waals surface area contributed by atoms with E-state index in [-0.39, 0.29) is 0 Å². The van der Waals surface area contributed by atoms with E-state index in [9.17, 15) is 0 Å². The molecular formula is C6H10Cl2N2. The molecule has 4 heteroatoms. The van der Waals surface area contributed by atoms with Crippen molar-refractivity contribution in [2.24, 2.45) is 5.84 Å². The SMILES string of the molecule is C=C(Cl)CN(N)CC(=C)Cl. The van der Waals surface area contributed by atoms with Crippen LogP contribution in [0.25, 0.3) is 0 Å². The molecule has 0 bridgehead atoms. The molecule has 0 atom stereocenters. The Bertz CT molecular complexity index is 129. The molecule has 0 aliphatic rings. The Hall–Kier alpha value is -0.0200. The molecule has 10 heavy (non-hydrogen) atoms. The summed E-state index contributed by atoms with van der Waals surface area (Å²) < 4.78 is 0. The third kappa shape index (κ3) is 6.11. The average Bonchev–Trinajstić information content (AvgIpc) is 1.58. The van der Waals surface area contributed by atoms with Gasteiger partial charge < -0.3 is 0 Å². The van der Waals surface area contributed by atoms with Gasteiger partial charge in [-0.05, 0) is 0 Å². The Morgan fingerprint density at radius 2 is 1.50 bits per heavy atom. The first-order valence-electron chi connectivity index (χ1n) is 2.68. The molecule has 0 aromatic heterocycles. The van der Waals surface area contributed by atoms with Crippen LogP contribution in [-0.4, -0.2) is 18.1 Å². The molecule has 0 aromatic carbocycles. The van der Waals surface area contributed by atoms with Crippen LogP contribution in [0.4, 0.5) is 0 Å². The molecular weight excluding hydrogens is 171 g/mol. The summed E-state index contributed by atoms with van der Waals surface area (Å²) in [6.45, 7) is 7.79. The van der Waals surface area contributed by atoms with E-state index in [0.29, 0.717) is 23.2 Å². The van der Waals surface area contributed by atoms with Crippen LogP contribution in [0.15, 0.2) is 23.2 Å². The zero-order chi connectivity index (χ0) is 8.15. The summed E-state index contributed by atoms with van der Waals surface area (Å²) >= 11 is 10.9. The summed E-state index contributed by atoms with van der Waals surface area (Å²) in [5, 5.41) is 2.41. The quantitative estimate of drug-likeness (QED) is 0.527. The zero-order valence-corrected chi connectivity index (χ0v) is 7.12. The Labute approximate surface area is 70.9 Å². The van der Waals surface area contributed by atoms with Gasteiger partial charge in [0.1, 0.15) is 0 Å². The van der Waals surface area contributed by atoms with E-state index in [2.05, 4.69) is 13.2 Å². The molecule has 0 unspecified atom stereocenters. The zero-order valence-electron chi connectivity index (χ0n) is 5.61. The number of hydrogen-bond acceptors (Lipinski definition) is 2. The van der Waals surface area contributed by atoms with Crippen LogP contribution in [-0.2, 0) is 0 Å². The van der Waals surface area contributed by atoms with Gasteiger partial charge in [0.15, 0.2) is 0 Å². The number of nitrogens with zero attached hydrogens (tertiary/aromatic N) is 1. The first-order chi connectivity index (χ1) is 4.52. The predicted molar refractivity (Wildman–Crippen MR) is 45.7 cm³/mol. The Morgan fingerprint density at radius 3 is 1.70 bits per heavy atom. The van der Waals surface area contributed by atoms with Crippen LogP contribution in [0.2, 0.25) is 0 Å². The maximum absolute atomic E-state index is 5.47. The lowest BCUT2D eigenvalue weighted by Crippen LogP contribution is -2.33. The molecule has 0 saturated carbocycles. The lowest BCUT2D eigenvalue weighted by atomic mass is 10.5. The highest BCUT2D eigenvalue weighted by Crippen LogP contribution is 2.01. The molecule has 0 amide bonds. The number of halogens is 2. The Kier molecular flexibility index (Phi) is 4.73. The van der Waals surface area contributed by atoms with Crippen molar-refractivity contribution in [2.45, 2.75) is 0 Å². The van der Waals surface area contributed by atoms with E-state index in [4.69, 9.17) is 29.0 Å². The van der Waals surface area contributed by atoms with Crippen molar-refractivity contribution >= 4 is 23.2 Å². The average molecular weight is 181 g/mol. The van der Waals surface area contributed by atoms with Crippen LogP contribution in [0.3, 0.4) is 0 Å². The molecule has 2 nitrogen and oxygen atoms in total. The molecule has 0 radical (unpaired) electrons. The van der Waals surface area contributed by atoms with Gasteiger partial charge in [0.2, 0.25) is 0 Å². The van der Waals surface area contributed by atoms with E-state index in [1.807, 2.05) is 0 Å². The van der Waals surface area contributed by atoms with E-state index in [1.165, 1.54) is 5.01 Å². The predicted octanol–water partition coefficient (Wildman–Crippen LogP) is 1.67. The normalized spacial score (nSPS) is 10.0. The smallest absolute Gasteiger partial charge is 0.0485 e. The van der Waals surface area contributed by atoms with Gasteiger partial charge in [0, 0.05) is 23.2 Å². The summed E-state index contributed by atoms with van der Waals surface area (Å²) in [4.78, 5) is 0. The number of hydrazine groups is 1. The van der Waals surface area contributed by atoms with Crippen LogP contribution in [0, 0.1) is 0 Å². The van der Waals surface area contributed by atoms with Gasteiger partial charge >= 0.3 is 0 Å². The highest BCUT2D eigenvalue weighted by molar-refractivity contribution is 6.30. The second-order valence-electron chi connectivity index (χ2n) is 1.94.